The summed E-state index contributed by atoms with van der Waals surface area (Å²) >= 11 is 0. The van der Waals surface area contributed by atoms with Crippen molar-refractivity contribution in [2.24, 2.45) is 5.92 Å². The maximum atomic E-state index is 4.38. The lowest BCUT2D eigenvalue weighted by molar-refractivity contribution is 0.244. The van der Waals surface area contributed by atoms with Gasteiger partial charge in [-0.05, 0) is 50.7 Å². The Labute approximate surface area is 114 Å². The van der Waals surface area contributed by atoms with Gasteiger partial charge in [-0.3, -0.25) is 4.90 Å². The molecule has 1 aromatic rings. The van der Waals surface area contributed by atoms with E-state index in [1.807, 2.05) is 6.92 Å². The molecule has 4 heteroatoms. The molecule has 1 aromatic heterocycles. The van der Waals surface area contributed by atoms with E-state index in [1.165, 1.54) is 38.8 Å². The maximum absolute atomic E-state index is 4.38. The van der Waals surface area contributed by atoms with Gasteiger partial charge in [-0.15, -0.1) is 5.10 Å². The molecule has 2 saturated heterocycles. The van der Waals surface area contributed by atoms with E-state index < -0.39 is 0 Å². The van der Waals surface area contributed by atoms with E-state index in [4.69, 9.17) is 0 Å². The monoisotopic (exact) mass is 258 g/mol. The topological polar surface area (TPSA) is 32.3 Å². The second-order valence-electron chi connectivity index (χ2n) is 6.38. The maximum Gasteiger partial charge on any atom is 0.151 e. The fourth-order valence-electron chi connectivity index (χ4n) is 3.76. The Morgan fingerprint density at radius 1 is 1.05 bits per heavy atom. The van der Waals surface area contributed by atoms with Crippen LogP contribution in [-0.2, 0) is 0 Å². The molecule has 0 bridgehead atoms. The predicted octanol–water partition coefficient (Wildman–Crippen LogP) is 1.85. The first-order valence-electron chi connectivity index (χ1n) is 7.62. The zero-order valence-corrected chi connectivity index (χ0v) is 11.6. The molecule has 102 valence electrons. The number of anilines is 1. The lowest BCUT2D eigenvalue weighted by Gasteiger charge is -2.26. The van der Waals surface area contributed by atoms with E-state index in [2.05, 4.69) is 32.1 Å². The average Bonchev–Trinajstić information content (AvgIpc) is 2.99. The van der Waals surface area contributed by atoms with Crippen LogP contribution < -0.4 is 4.90 Å². The van der Waals surface area contributed by atoms with Gasteiger partial charge in [-0.2, -0.15) is 5.10 Å². The number of nitrogens with zero attached hydrogens (tertiary/aromatic N) is 4. The normalized spacial score (nSPS) is 30.9. The molecule has 2 aliphatic heterocycles. The van der Waals surface area contributed by atoms with Crippen LogP contribution in [0.25, 0.3) is 0 Å². The molecule has 1 aliphatic carbocycles. The Kier molecular flexibility index (Phi) is 2.72. The summed E-state index contributed by atoms with van der Waals surface area (Å²) < 4.78 is 0. The first-order chi connectivity index (χ1) is 9.31. The fourth-order valence-corrected chi connectivity index (χ4v) is 3.76. The molecule has 0 spiro atoms. The zero-order valence-electron chi connectivity index (χ0n) is 11.6. The van der Waals surface area contributed by atoms with Crippen molar-refractivity contribution >= 4 is 5.82 Å². The van der Waals surface area contributed by atoms with E-state index in [1.54, 1.807) is 0 Å². The van der Waals surface area contributed by atoms with Crippen molar-refractivity contribution in [2.75, 3.05) is 24.5 Å². The number of likely N-dealkylation sites (tertiary alicyclic amines) is 1. The van der Waals surface area contributed by atoms with Crippen LogP contribution >= 0.6 is 0 Å². The third-order valence-corrected chi connectivity index (χ3v) is 4.96. The van der Waals surface area contributed by atoms with Gasteiger partial charge in [-0.1, -0.05) is 0 Å². The number of rotatable bonds is 3. The number of aromatic nitrogens is 2. The van der Waals surface area contributed by atoms with Crippen LogP contribution in [0.1, 0.15) is 31.4 Å². The molecule has 0 aromatic carbocycles. The highest BCUT2D eigenvalue weighted by atomic mass is 15.4. The minimum absolute atomic E-state index is 0.677. The molecule has 3 heterocycles. The summed E-state index contributed by atoms with van der Waals surface area (Å²) in [6.45, 7) is 5.76. The molecule has 1 saturated carbocycles. The summed E-state index contributed by atoms with van der Waals surface area (Å²) in [4.78, 5) is 5.23. The quantitative estimate of drug-likeness (QED) is 0.828. The Morgan fingerprint density at radius 3 is 2.63 bits per heavy atom. The van der Waals surface area contributed by atoms with Gasteiger partial charge in [0.05, 0.1) is 5.69 Å². The average molecular weight is 258 g/mol. The zero-order chi connectivity index (χ0) is 12.8. The SMILES string of the molecule is Cc1ccc(N2CC[C@@H]3[C@@H]2CCN3CC2CC2)nn1. The lowest BCUT2D eigenvalue weighted by atomic mass is 10.1. The molecular weight excluding hydrogens is 236 g/mol. The minimum atomic E-state index is 0.677. The molecule has 0 radical (unpaired) electrons. The van der Waals surface area contributed by atoms with Crippen molar-refractivity contribution in [1.82, 2.24) is 15.1 Å². The highest BCUT2D eigenvalue weighted by Crippen LogP contribution is 2.37. The van der Waals surface area contributed by atoms with Crippen molar-refractivity contribution in [3.05, 3.63) is 17.8 Å². The predicted molar refractivity (Wildman–Crippen MR) is 75.2 cm³/mol. The summed E-state index contributed by atoms with van der Waals surface area (Å²) in [5.74, 6) is 2.08. The molecule has 0 amide bonds. The van der Waals surface area contributed by atoms with Gasteiger partial charge < -0.3 is 4.90 Å². The Balaban J connectivity index is 1.49. The fraction of sp³-hybridized carbons (Fsp3) is 0.733. The number of hydrogen-bond acceptors (Lipinski definition) is 4. The van der Waals surface area contributed by atoms with Crippen LogP contribution in [0, 0.1) is 12.8 Å². The number of fused-ring (bicyclic) bond motifs is 1. The Bertz CT molecular complexity index is 454. The molecule has 4 rings (SSSR count). The third-order valence-electron chi connectivity index (χ3n) is 4.96. The third kappa shape index (κ3) is 2.12. The number of aryl methyl sites for hydroxylation is 1. The number of hydrogen-bond donors (Lipinski definition) is 0. The van der Waals surface area contributed by atoms with Gasteiger partial charge in [0.1, 0.15) is 0 Å². The standard InChI is InChI=1S/C15H22N4/c1-11-2-5-15(17-16-11)19-9-7-13-14(19)6-8-18(13)10-12-3-4-12/h2,5,12-14H,3-4,6-10H2,1H3/t13-,14+/m1/s1. The molecule has 0 N–H and O–H groups in total. The van der Waals surface area contributed by atoms with E-state index in [0.29, 0.717) is 6.04 Å². The van der Waals surface area contributed by atoms with Gasteiger partial charge in [0.15, 0.2) is 5.82 Å². The highest BCUT2D eigenvalue weighted by molar-refractivity contribution is 5.42. The second kappa shape index (κ2) is 4.44. The van der Waals surface area contributed by atoms with Crippen LogP contribution in [0.15, 0.2) is 12.1 Å². The van der Waals surface area contributed by atoms with Gasteiger partial charge in [0, 0.05) is 31.7 Å². The summed E-state index contributed by atoms with van der Waals surface area (Å²) in [6, 6.07) is 5.65. The summed E-state index contributed by atoms with van der Waals surface area (Å²) in [6.07, 6.45) is 5.52. The Hall–Kier alpha value is -1.16. The van der Waals surface area contributed by atoms with E-state index in [-0.39, 0.29) is 0 Å². The molecule has 3 fully saturated rings. The molecule has 19 heavy (non-hydrogen) atoms. The van der Waals surface area contributed by atoms with Crippen LogP contribution in [0.5, 0.6) is 0 Å². The molecule has 0 unspecified atom stereocenters. The van der Waals surface area contributed by atoms with E-state index in [0.717, 1.165) is 30.0 Å². The van der Waals surface area contributed by atoms with Crippen LogP contribution in [0.4, 0.5) is 5.82 Å². The van der Waals surface area contributed by atoms with Crippen molar-refractivity contribution in [3.8, 4) is 0 Å². The van der Waals surface area contributed by atoms with Gasteiger partial charge in [0.25, 0.3) is 0 Å². The first-order valence-corrected chi connectivity index (χ1v) is 7.62. The van der Waals surface area contributed by atoms with Crippen LogP contribution in [-0.4, -0.2) is 46.8 Å². The van der Waals surface area contributed by atoms with Crippen molar-refractivity contribution in [2.45, 2.75) is 44.7 Å². The van der Waals surface area contributed by atoms with Crippen molar-refractivity contribution < 1.29 is 0 Å². The van der Waals surface area contributed by atoms with Gasteiger partial charge >= 0.3 is 0 Å². The molecule has 3 aliphatic rings. The summed E-state index contributed by atoms with van der Waals surface area (Å²) in [5.41, 5.74) is 1.00. The van der Waals surface area contributed by atoms with Crippen molar-refractivity contribution in [3.63, 3.8) is 0 Å². The van der Waals surface area contributed by atoms with Gasteiger partial charge in [-0.25, -0.2) is 0 Å². The minimum Gasteiger partial charge on any atom is -0.350 e. The first kappa shape index (κ1) is 11.6. The second-order valence-corrected chi connectivity index (χ2v) is 6.38. The largest absolute Gasteiger partial charge is 0.350 e. The smallest absolute Gasteiger partial charge is 0.151 e. The molecule has 4 nitrogen and oxygen atoms in total. The van der Waals surface area contributed by atoms with E-state index >= 15 is 0 Å². The van der Waals surface area contributed by atoms with Crippen molar-refractivity contribution in [1.29, 1.82) is 0 Å². The highest BCUT2D eigenvalue weighted by Gasteiger charge is 2.44. The summed E-state index contributed by atoms with van der Waals surface area (Å²) in [7, 11) is 0. The lowest BCUT2D eigenvalue weighted by Crippen LogP contribution is -2.37. The Morgan fingerprint density at radius 2 is 1.89 bits per heavy atom. The molecule has 2 atom stereocenters. The summed E-state index contributed by atoms with van der Waals surface area (Å²) in [5, 5.41) is 8.59. The van der Waals surface area contributed by atoms with E-state index in [9.17, 15) is 0 Å². The van der Waals surface area contributed by atoms with Crippen LogP contribution in [0.2, 0.25) is 0 Å². The van der Waals surface area contributed by atoms with Gasteiger partial charge in [0.2, 0.25) is 0 Å². The molecular formula is C15H22N4. The van der Waals surface area contributed by atoms with Crippen LogP contribution in [0.3, 0.4) is 0 Å².